The van der Waals surface area contributed by atoms with Crippen molar-refractivity contribution in [1.82, 2.24) is 15.1 Å². The molecule has 6 heteroatoms. The van der Waals surface area contributed by atoms with Gasteiger partial charge in [-0.05, 0) is 45.4 Å². The Hall–Kier alpha value is -1.79. The summed E-state index contributed by atoms with van der Waals surface area (Å²) < 4.78 is 11.3. The number of nitrogens with zero attached hydrogens (tertiary/aromatic N) is 2. The molecule has 0 aliphatic carbocycles. The molecule has 144 valence electrons. The lowest BCUT2D eigenvalue weighted by atomic mass is 10.1. The van der Waals surface area contributed by atoms with Crippen molar-refractivity contribution in [2.75, 3.05) is 39.4 Å². The highest BCUT2D eigenvalue weighted by atomic mass is 16.6. The van der Waals surface area contributed by atoms with Crippen LogP contribution < -0.4 is 14.8 Å². The van der Waals surface area contributed by atoms with Crippen molar-refractivity contribution in [3.63, 3.8) is 0 Å². The standard InChI is InChI=1S/C20H31N3O3/c1-15(19(24)21-20(2,3)4)23-9-7-22(8-10-23)14-16-5-6-17-18(13-16)26-12-11-25-17/h5-6,13,15H,7-12,14H2,1-4H3,(H,21,24)/t15-/m0/s1. The van der Waals surface area contributed by atoms with Crippen LogP contribution in [0.25, 0.3) is 0 Å². The Kier molecular flexibility index (Phi) is 5.73. The monoisotopic (exact) mass is 361 g/mol. The second-order valence-corrected chi connectivity index (χ2v) is 8.21. The van der Waals surface area contributed by atoms with E-state index in [-0.39, 0.29) is 17.5 Å². The van der Waals surface area contributed by atoms with E-state index in [1.807, 2.05) is 33.8 Å². The number of amides is 1. The molecule has 0 radical (unpaired) electrons. The normalized spacial score (nSPS) is 19.8. The Labute approximate surface area is 156 Å². The Bertz CT molecular complexity index is 634. The lowest BCUT2D eigenvalue weighted by molar-refractivity contribution is -0.128. The minimum atomic E-state index is -0.189. The number of hydrogen-bond acceptors (Lipinski definition) is 5. The van der Waals surface area contributed by atoms with Crippen molar-refractivity contribution < 1.29 is 14.3 Å². The summed E-state index contributed by atoms with van der Waals surface area (Å²) in [6, 6.07) is 6.10. The van der Waals surface area contributed by atoms with Crippen molar-refractivity contribution in [1.29, 1.82) is 0 Å². The lowest BCUT2D eigenvalue weighted by Gasteiger charge is -2.38. The molecule has 0 bridgehead atoms. The van der Waals surface area contributed by atoms with Gasteiger partial charge in [0, 0.05) is 38.3 Å². The Balaban J connectivity index is 1.50. The molecular weight excluding hydrogens is 330 g/mol. The van der Waals surface area contributed by atoms with Gasteiger partial charge in [0.15, 0.2) is 11.5 Å². The summed E-state index contributed by atoms with van der Waals surface area (Å²) in [7, 11) is 0. The fraction of sp³-hybridized carbons (Fsp3) is 0.650. The van der Waals surface area contributed by atoms with E-state index in [4.69, 9.17) is 9.47 Å². The van der Waals surface area contributed by atoms with E-state index in [1.165, 1.54) is 5.56 Å². The quantitative estimate of drug-likeness (QED) is 0.887. The third-order valence-corrected chi connectivity index (χ3v) is 4.85. The van der Waals surface area contributed by atoms with Crippen molar-refractivity contribution >= 4 is 5.91 Å². The van der Waals surface area contributed by atoms with Crippen LogP contribution in [0.5, 0.6) is 11.5 Å². The van der Waals surface area contributed by atoms with Gasteiger partial charge in [-0.1, -0.05) is 6.07 Å². The highest BCUT2D eigenvalue weighted by Gasteiger charge is 2.27. The predicted molar refractivity (Wildman–Crippen MR) is 102 cm³/mol. The minimum Gasteiger partial charge on any atom is -0.486 e. The number of carbonyl (C=O) groups excluding carboxylic acids is 1. The fourth-order valence-electron chi connectivity index (χ4n) is 3.39. The van der Waals surface area contributed by atoms with E-state index in [2.05, 4.69) is 27.2 Å². The first-order chi connectivity index (χ1) is 12.3. The number of nitrogens with one attached hydrogen (secondary N) is 1. The molecule has 1 N–H and O–H groups in total. The second-order valence-electron chi connectivity index (χ2n) is 8.21. The summed E-state index contributed by atoms with van der Waals surface area (Å²) in [5.41, 5.74) is 1.05. The number of fused-ring (bicyclic) bond motifs is 1. The molecule has 0 unspecified atom stereocenters. The van der Waals surface area contributed by atoms with Gasteiger partial charge in [-0.15, -0.1) is 0 Å². The van der Waals surface area contributed by atoms with Crippen LogP contribution in [0, 0.1) is 0 Å². The average molecular weight is 361 g/mol. The first kappa shape index (κ1) is 19.0. The van der Waals surface area contributed by atoms with Crippen LogP contribution in [0.4, 0.5) is 0 Å². The SMILES string of the molecule is C[C@@H](C(=O)NC(C)(C)C)N1CCN(Cc2ccc3c(c2)OCCO3)CC1. The maximum Gasteiger partial charge on any atom is 0.237 e. The lowest BCUT2D eigenvalue weighted by Crippen LogP contribution is -2.56. The zero-order chi connectivity index (χ0) is 18.7. The molecule has 2 heterocycles. The summed E-state index contributed by atoms with van der Waals surface area (Å²) >= 11 is 0. The predicted octanol–water partition coefficient (Wildman–Crippen LogP) is 1.88. The van der Waals surface area contributed by atoms with Crippen molar-refractivity contribution in [3.8, 4) is 11.5 Å². The molecule has 2 aliphatic rings. The van der Waals surface area contributed by atoms with Gasteiger partial charge in [0.1, 0.15) is 13.2 Å². The average Bonchev–Trinajstić information content (AvgIpc) is 2.60. The van der Waals surface area contributed by atoms with Crippen LogP contribution >= 0.6 is 0 Å². The number of rotatable bonds is 4. The summed E-state index contributed by atoms with van der Waals surface area (Å²) in [5, 5.41) is 3.08. The van der Waals surface area contributed by atoms with Gasteiger partial charge in [0.25, 0.3) is 0 Å². The molecule has 0 spiro atoms. The first-order valence-corrected chi connectivity index (χ1v) is 9.49. The maximum absolute atomic E-state index is 12.4. The highest BCUT2D eigenvalue weighted by molar-refractivity contribution is 5.81. The van der Waals surface area contributed by atoms with Crippen molar-refractivity contribution in [3.05, 3.63) is 23.8 Å². The number of benzene rings is 1. The molecule has 2 aliphatic heterocycles. The third-order valence-electron chi connectivity index (χ3n) is 4.85. The van der Waals surface area contributed by atoms with E-state index in [1.54, 1.807) is 0 Å². The molecular formula is C20H31N3O3. The van der Waals surface area contributed by atoms with Crippen LogP contribution in [0.15, 0.2) is 18.2 Å². The zero-order valence-corrected chi connectivity index (χ0v) is 16.4. The van der Waals surface area contributed by atoms with Crippen LogP contribution in [-0.2, 0) is 11.3 Å². The van der Waals surface area contributed by atoms with Gasteiger partial charge in [0.2, 0.25) is 5.91 Å². The molecule has 1 saturated heterocycles. The topological polar surface area (TPSA) is 54.0 Å². The fourth-order valence-corrected chi connectivity index (χ4v) is 3.39. The molecule has 1 aromatic rings. The first-order valence-electron chi connectivity index (χ1n) is 9.49. The van der Waals surface area contributed by atoms with E-state index in [0.717, 1.165) is 44.2 Å². The Morgan fingerprint density at radius 2 is 1.77 bits per heavy atom. The molecule has 1 atom stereocenters. The summed E-state index contributed by atoms with van der Waals surface area (Å²) in [5.74, 6) is 1.79. The van der Waals surface area contributed by atoms with E-state index < -0.39 is 0 Å². The molecule has 26 heavy (non-hydrogen) atoms. The van der Waals surface area contributed by atoms with Crippen molar-refractivity contribution in [2.24, 2.45) is 0 Å². The highest BCUT2D eigenvalue weighted by Crippen LogP contribution is 2.31. The third kappa shape index (κ3) is 4.89. The largest absolute Gasteiger partial charge is 0.486 e. The van der Waals surface area contributed by atoms with Gasteiger partial charge in [-0.3, -0.25) is 14.6 Å². The molecule has 0 saturated carbocycles. The van der Waals surface area contributed by atoms with Gasteiger partial charge in [0.05, 0.1) is 6.04 Å². The zero-order valence-electron chi connectivity index (χ0n) is 16.4. The van der Waals surface area contributed by atoms with Gasteiger partial charge in [-0.2, -0.15) is 0 Å². The molecule has 1 aromatic carbocycles. The van der Waals surface area contributed by atoms with Crippen molar-refractivity contribution in [2.45, 2.75) is 45.8 Å². The molecule has 6 nitrogen and oxygen atoms in total. The van der Waals surface area contributed by atoms with Gasteiger partial charge < -0.3 is 14.8 Å². The van der Waals surface area contributed by atoms with Crippen LogP contribution in [0.1, 0.15) is 33.3 Å². The molecule has 0 aromatic heterocycles. The van der Waals surface area contributed by atoms with Crippen LogP contribution in [0.2, 0.25) is 0 Å². The van der Waals surface area contributed by atoms with E-state index >= 15 is 0 Å². The minimum absolute atomic E-state index is 0.0920. The van der Waals surface area contributed by atoms with E-state index in [0.29, 0.717) is 13.2 Å². The second kappa shape index (κ2) is 7.84. The number of ether oxygens (including phenoxy) is 2. The van der Waals surface area contributed by atoms with Gasteiger partial charge in [-0.25, -0.2) is 0 Å². The Morgan fingerprint density at radius 1 is 1.12 bits per heavy atom. The molecule has 1 fully saturated rings. The maximum atomic E-state index is 12.4. The Morgan fingerprint density at radius 3 is 2.42 bits per heavy atom. The number of piperazine rings is 1. The summed E-state index contributed by atoms with van der Waals surface area (Å²) in [6.45, 7) is 13.9. The summed E-state index contributed by atoms with van der Waals surface area (Å²) in [6.07, 6.45) is 0. The molecule has 3 rings (SSSR count). The van der Waals surface area contributed by atoms with Crippen LogP contribution in [-0.4, -0.2) is 66.7 Å². The smallest absolute Gasteiger partial charge is 0.237 e. The van der Waals surface area contributed by atoms with Crippen LogP contribution in [0.3, 0.4) is 0 Å². The number of hydrogen-bond donors (Lipinski definition) is 1. The number of carbonyl (C=O) groups is 1. The van der Waals surface area contributed by atoms with E-state index in [9.17, 15) is 4.79 Å². The molecule has 1 amide bonds. The summed E-state index contributed by atoms with van der Waals surface area (Å²) in [4.78, 5) is 17.1. The van der Waals surface area contributed by atoms with Gasteiger partial charge >= 0.3 is 0 Å².